The summed E-state index contributed by atoms with van der Waals surface area (Å²) in [6.45, 7) is 2.97. The molecule has 4 aliphatic rings. The summed E-state index contributed by atoms with van der Waals surface area (Å²) in [7, 11) is 0. The highest BCUT2D eigenvalue weighted by Crippen LogP contribution is 2.33. The Morgan fingerprint density at radius 1 is 0.941 bits per heavy atom. The quantitative estimate of drug-likeness (QED) is 0.703. The Hall–Kier alpha value is -2.58. The number of carbonyl (C=O) groups is 1. The van der Waals surface area contributed by atoms with Crippen LogP contribution < -0.4 is 20.3 Å². The fraction of sp³-hybridized carbons (Fsp3) is 0.615. The fourth-order valence-corrected chi connectivity index (χ4v) is 5.82. The standard InChI is InChI=1S/C26H34N4O4/c31-26(27-18-8-2-1-3-9-18)28-19-15-32-25-21(16-33-24(19)25)34-20-10-6-7-17-11-12-22(29-23(17)20)30-13-4-5-14-30/h6-7,10-12,18-19,21,24-25H,1-5,8-9,13-16H2,(H2,27,28,31)/t19-,21-,24+,25+/m0/s1. The SMILES string of the molecule is O=C(NC1CCCCC1)N[C@H]1CO[C@H]2[C@@H]1OC[C@@H]2Oc1cccc2ccc(N3CCCC3)nc12. The van der Waals surface area contributed by atoms with Crippen LogP contribution in [0.5, 0.6) is 5.75 Å². The van der Waals surface area contributed by atoms with E-state index in [1.165, 1.54) is 32.1 Å². The molecule has 3 saturated heterocycles. The minimum Gasteiger partial charge on any atom is -0.483 e. The molecule has 8 heteroatoms. The van der Waals surface area contributed by atoms with Gasteiger partial charge in [0.15, 0.2) is 6.10 Å². The summed E-state index contributed by atoms with van der Waals surface area (Å²) in [5.74, 6) is 1.76. The highest BCUT2D eigenvalue weighted by atomic mass is 16.6. The first kappa shape index (κ1) is 21.9. The van der Waals surface area contributed by atoms with E-state index < -0.39 is 0 Å². The average Bonchev–Trinajstić information content (AvgIpc) is 3.60. The van der Waals surface area contributed by atoms with Crippen molar-refractivity contribution in [3.8, 4) is 5.75 Å². The van der Waals surface area contributed by atoms with Crippen molar-refractivity contribution >= 4 is 22.8 Å². The average molecular weight is 467 g/mol. The topological polar surface area (TPSA) is 85.0 Å². The second-order valence-corrected chi connectivity index (χ2v) is 10.0. The number of carbonyl (C=O) groups excluding carboxylic acids is 1. The third kappa shape index (κ3) is 4.41. The Labute approximate surface area is 200 Å². The molecule has 182 valence electrons. The largest absolute Gasteiger partial charge is 0.483 e. The number of aromatic nitrogens is 1. The molecule has 1 aliphatic carbocycles. The van der Waals surface area contributed by atoms with E-state index in [-0.39, 0.29) is 36.4 Å². The molecule has 2 aromatic rings. The second kappa shape index (κ2) is 9.58. The zero-order valence-electron chi connectivity index (χ0n) is 19.6. The summed E-state index contributed by atoms with van der Waals surface area (Å²) < 4.78 is 18.6. The molecule has 0 spiro atoms. The highest BCUT2D eigenvalue weighted by molar-refractivity contribution is 5.86. The molecule has 1 saturated carbocycles. The van der Waals surface area contributed by atoms with Crippen molar-refractivity contribution in [1.82, 2.24) is 15.6 Å². The van der Waals surface area contributed by atoms with Crippen LogP contribution in [0.2, 0.25) is 0 Å². The van der Waals surface area contributed by atoms with Gasteiger partial charge in [-0.15, -0.1) is 0 Å². The Kier molecular flexibility index (Phi) is 6.18. The van der Waals surface area contributed by atoms with Crippen LogP contribution in [0.25, 0.3) is 10.9 Å². The molecule has 1 aromatic carbocycles. The van der Waals surface area contributed by atoms with Crippen molar-refractivity contribution in [3.05, 3.63) is 30.3 Å². The molecule has 2 amide bonds. The van der Waals surface area contributed by atoms with E-state index >= 15 is 0 Å². The number of hydrogen-bond donors (Lipinski definition) is 2. The lowest BCUT2D eigenvalue weighted by Gasteiger charge is -2.24. The lowest BCUT2D eigenvalue weighted by molar-refractivity contribution is 0.0309. The van der Waals surface area contributed by atoms with E-state index in [9.17, 15) is 4.79 Å². The number of ether oxygens (including phenoxy) is 3. The number of para-hydroxylation sites is 1. The van der Waals surface area contributed by atoms with Gasteiger partial charge in [-0.05, 0) is 43.9 Å². The van der Waals surface area contributed by atoms with Gasteiger partial charge in [0.05, 0.1) is 19.3 Å². The number of nitrogens with zero attached hydrogens (tertiary/aromatic N) is 2. The minimum absolute atomic E-state index is 0.123. The predicted octanol–water partition coefficient (Wildman–Crippen LogP) is 3.38. The second-order valence-electron chi connectivity index (χ2n) is 10.0. The van der Waals surface area contributed by atoms with E-state index in [1.807, 2.05) is 12.1 Å². The van der Waals surface area contributed by atoms with Crippen molar-refractivity contribution in [3.63, 3.8) is 0 Å². The van der Waals surface area contributed by atoms with E-state index in [1.54, 1.807) is 0 Å². The summed E-state index contributed by atoms with van der Waals surface area (Å²) in [4.78, 5) is 19.8. The van der Waals surface area contributed by atoms with Gasteiger partial charge >= 0.3 is 6.03 Å². The van der Waals surface area contributed by atoms with E-state index in [4.69, 9.17) is 19.2 Å². The summed E-state index contributed by atoms with van der Waals surface area (Å²) in [5, 5.41) is 7.25. The lowest BCUT2D eigenvalue weighted by Crippen LogP contribution is -2.51. The van der Waals surface area contributed by atoms with E-state index in [2.05, 4.69) is 33.7 Å². The first-order valence-electron chi connectivity index (χ1n) is 12.9. The van der Waals surface area contributed by atoms with Crippen LogP contribution in [0.1, 0.15) is 44.9 Å². The Balaban J connectivity index is 1.11. The lowest BCUT2D eigenvalue weighted by atomic mass is 9.96. The fourth-order valence-electron chi connectivity index (χ4n) is 5.82. The molecule has 34 heavy (non-hydrogen) atoms. The van der Waals surface area contributed by atoms with Crippen molar-refractivity contribution in [1.29, 1.82) is 0 Å². The molecule has 8 nitrogen and oxygen atoms in total. The minimum atomic E-state index is -0.235. The number of fused-ring (bicyclic) bond motifs is 2. The van der Waals surface area contributed by atoms with Crippen molar-refractivity contribution in [2.45, 2.75) is 75.3 Å². The number of rotatable bonds is 5. The van der Waals surface area contributed by atoms with Crippen LogP contribution in [0.15, 0.2) is 30.3 Å². The van der Waals surface area contributed by atoms with Gasteiger partial charge < -0.3 is 29.7 Å². The zero-order valence-corrected chi connectivity index (χ0v) is 19.6. The number of urea groups is 1. The molecule has 0 bridgehead atoms. The molecule has 6 rings (SSSR count). The smallest absolute Gasteiger partial charge is 0.315 e. The predicted molar refractivity (Wildman–Crippen MR) is 129 cm³/mol. The van der Waals surface area contributed by atoms with Gasteiger partial charge in [-0.1, -0.05) is 31.4 Å². The van der Waals surface area contributed by atoms with E-state index in [0.717, 1.165) is 48.4 Å². The zero-order chi connectivity index (χ0) is 22.9. The number of pyridine rings is 1. The molecule has 2 N–H and O–H groups in total. The number of anilines is 1. The first-order chi connectivity index (χ1) is 16.7. The van der Waals surface area contributed by atoms with Gasteiger partial charge in [-0.2, -0.15) is 0 Å². The van der Waals surface area contributed by atoms with Crippen LogP contribution in [-0.4, -0.2) is 67.7 Å². The summed E-state index contributed by atoms with van der Waals surface area (Å²) in [6, 6.07) is 10.2. The van der Waals surface area contributed by atoms with Gasteiger partial charge in [0.1, 0.15) is 29.3 Å². The van der Waals surface area contributed by atoms with Gasteiger partial charge in [-0.25, -0.2) is 9.78 Å². The molecule has 3 aliphatic heterocycles. The van der Waals surface area contributed by atoms with Gasteiger partial charge in [-0.3, -0.25) is 0 Å². The van der Waals surface area contributed by atoms with Crippen molar-refractivity contribution in [2.24, 2.45) is 0 Å². The molecular formula is C26H34N4O4. The molecule has 1 aromatic heterocycles. The summed E-state index contributed by atoms with van der Waals surface area (Å²) in [6.07, 6.45) is 7.54. The Bertz CT molecular complexity index is 1020. The third-order valence-electron chi connectivity index (χ3n) is 7.64. The number of benzene rings is 1. The number of amides is 2. The summed E-state index contributed by atoms with van der Waals surface area (Å²) in [5.41, 5.74) is 0.870. The third-order valence-corrected chi connectivity index (χ3v) is 7.64. The van der Waals surface area contributed by atoms with Crippen molar-refractivity contribution < 1.29 is 19.0 Å². The number of nitrogens with one attached hydrogen (secondary N) is 2. The Morgan fingerprint density at radius 3 is 2.62 bits per heavy atom. The van der Waals surface area contributed by atoms with Crippen LogP contribution in [-0.2, 0) is 9.47 Å². The molecular weight excluding hydrogens is 432 g/mol. The molecule has 0 unspecified atom stereocenters. The van der Waals surface area contributed by atoms with Gasteiger partial charge in [0.2, 0.25) is 0 Å². The van der Waals surface area contributed by atoms with Crippen LogP contribution >= 0.6 is 0 Å². The molecule has 0 radical (unpaired) electrons. The van der Waals surface area contributed by atoms with Crippen molar-refractivity contribution in [2.75, 3.05) is 31.2 Å². The molecule has 4 atom stereocenters. The maximum Gasteiger partial charge on any atom is 0.315 e. The molecule has 4 fully saturated rings. The monoisotopic (exact) mass is 466 g/mol. The first-order valence-corrected chi connectivity index (χ1v) is 12.9. The summed E-state index contributed by atoms with van der Waals surface area (Å²) >= 11 is 0. The van der Waals surface area contributed by atoms with Gasteiger partial charge in [0, 0.05) is 24.5 Å². The van der Waals surface area contributed by atoms with Crippen LogP contribution in [0.3, 0.4) is 0 Å². The normalized spacial score (nSPS) is 29.4. The van der Waals surface area contributed by atoms with Gasteiger partial charge in [0.25, 0.3) is 0 Å². The Morgan fingerprint density at radius 2 is 1.76 bits per heavy atom. The number of hydrogen-bond acceptors (Lipinski definition) is 6. The maximum absolute atomic E-state index is 12.5. The maximum atomic E-state index is 12.5. The van der Waals surface area contributed by atoms with E-state index in [0.29, 0.717) is 13.2 Å². The van der Waals surface area contributed by atoms with Crippen LogP contribution in [0.4, 0.5) is 10.6 Å². The highest BCUT2D eigenvalue weighted by Gasteiger charge is 2.49. The molecule has 4 heterocycles. The van der Waals surface area contributed by atoms with Crippen LogP contribution in [0, 0.1) is 0 Å².